The van der Waals surface area contributed by atoms with E-state index in [1.807, 2.05) is 23.1 Å². The number of rotatable bonds is 3. The van der Waals surface area contributed by atoms with Gasteiger partial charge in [-0.3, -0.25) is 14.9 Å². The van der Waals surface area contributed by atoms with Gasteiger partial charge < -0.3 is 9.80 Å². The molecule has 1 aromatic heterocycles. The van der Waals surface area contributed by atoms with Gasteiger partial charge in [0, 0.05) is 54.1 Å². The quantitative estimate of drug-likeness (QED) is 0.522. The zero-order valence-corrected chi connectivity index (χ0v) is 14.8. The Hall–Kier alpha value is -2.93. The van der Waals surface area contributed by atoms with Crippen LogP contribution in [0.5, 0.6) is 0 Å². The Morgan fingerprint density at radius 1 is 1.00 bits per heavy atom. The Balaban J connectivity index is 1.48. The third-order valence-electron chi connectivity index (χ3n) is 4.61. The molecule has 0 spiro atoms. The Morgan fingerprint density at radius 3 is 2.42 bits per heavy atom. The van der Waals surface area contributed by atoms with Crippen LogP contribution in [0.4, 0.5) is 11.4 Å². The highest BCUT2D eigenvalue weighted by Crippen LogP contribution is 2.30. The van der Waals surface area contributed by atoms with Gasteiger partial charge in [0.05, 0.1) is 9.80 Å². The van der Waals surface area contributed by atoms with E-state index in [9.17, 15) is 14.9 Å². The average molecular weight is 367 g/mol. The molecule has 0 radical (unpaired) electrons. The number of carbonyl (C=O) groups is 1. The van der Waals surface area contributed by atoms with Crippen molar-refractivity contribution in [3.8, 4) is 0 Å². The fourth-order valence-electron chi connectivity index (χ4n) is 3.21. The predicted octanol–water partition coefficient (Wildman–Crippen LogP) is 3.77. The topological polar surface area (TPSA) is 66.7 Å². The number of benzene rings is 2. The van der Waals surface area contributed by atoms with Crippen LogP contribution in [-0.4, -0.2) is 41.9 Å². The minimum atomic E-state index is -0.415. The van der Waals surface area contributed by atoms with E-state index in [0.29, 0.717) is 18.0 Å². The van der Waals surface area contributed by atoms with Crippen LogP contribution in [0.25, 0.3) is 10.1 Å². The first kappa shape index (κ1) is 16.5. The number of carbonyl (C=O) groups excluding carboxylic acids is 1. The lowest BCUT2D eigenvalue weighted by Crippen LogP contribution is -2.48. The number of nitro benzene ring substituents is 1. The molecule has 26 heavy (non-hydrogen) atoms. The van der Waals surface area contributed by atoms with Gasteiger partial charge in [0.15, 0.2) is 0 Å². The van der Waals surface area contributed by atoms with Crippen LogP contribution in [-0.2, 0) is 0 Å². The van der Waals surface area contributed by atoms with Crippen molar-refractivity contribution in [1.29, 1.82) is 0 Å². The number of nitrogens with zero attached hydrogens (tertiary/aromatic N) is 3. The number of thiophene rings is 1. The molecule has 7 heteroatoms. The molecule has 1 amide bonds. The summed E-state index contributed by atoms with van der Waals surface area (Å²) in [4.78, 5) is 28.1. The summed E-state index contributed by atoms with van der Waals surface area (Å²) in [6.07, 6.45) is 0. The van der Waals surface area contributed by atoms with Crippen molar-refractivity contribution in [2.75, 3.05) is 31.1 Å². The van der Waals surface area contributed by atoms with Crippen molar-refractivity contribution in [2.45, 2.75) is 0 Å². The average Bonchev–Trinajstić information content (AvgIpc) is 3.11. The third-order valence-corrected chi connectivity index (χ3v) is 5.71. The summed E-state index contributed by atoms with van der Waals surface area (Å²) in [5.74, 6) is 0.00145. The number of hydrogen-bond donors (Lipinski definition) is 0. The van der Waals surface area contributed by atoms with Gasteiger partial charge in [0.1, 0.15) is 0 Å². The van der Waals surface area contributed by atoms with Crippen LogP contribution >= 0.6 is 11.3 Å². The fourth-order valence-corrected chi connectivity index (χ4v) is 4.22. The number of fused-ring (bicyclic) bond motifs is 1. The predicted molar refractivity (Wildman–Crippen MR) is 103 cm³/mol. The van der Waals surface area contributed by atoms with Crippen molar-refractivity contribution in [1.82, 2.24) is 4.90 Å². The van der Waals surface area contributed by atoms with E-state index in [2.05, 4.69) is 17.0 Å². The van der Waals surface area contributed by atoms with Gasteiger partial charge in [-0.2, -0.15) is 0 Å². The molecule has 0 bridgehead atoms. The first-order chi connectivity index (χ1) is 12.6. The zero-order chi connectivity index (χ0) is 18.1. The normalized spacial score (nSPS) is 14.6. The number of nitro groups is 1. The summed E-state index contributed by atoms with van der Waals surface area (Å²) in [5, 5.41) is 11.7. The molecule has 2 aromatic carbocycles. The minimum Gasteiger partial charge on any atom is -0.368 e. The van der Waals surface area contributed by atoms with E-state index in [1.54, 1.807) is 12.1 Å². The molecule has 0 N–H and O–H groups in total. The molecule has 6 nitrogen and oxygen atoms in total. The second-order valence-corrected chi connectivity index (χ2v) is 7.29. The van der Waals surface area contributed by atoms with E-state index < -0.39 is 4.92 Å². The molecule has 0 saturated carbocycles. The Labute approximate surface area is 154 Å². The molecule has 0 aliphatic carbocycles. The fraction of sp³-hybridized carbons (Fsp3) is 0.211. The Bertz CT molecular complexity index is 963. The van der Waals surface area contributed by atoms with Crippen LogP contribution in [0.1, 0.15) is 9.67 Å². The summed E-state index contributed by atoms with van der Waals surface area (Å²) < 4.78 is 0.891. The highest BCUT2D eigenvalue weighted by Gasteiger charge is 2.24. The Kier molecular flexibility index (Phi) is 4.30. The van der Waals surface area contributed by atoms with Gasteiger partial charge in [-0.15, -0.1) is 11.3 Å². The van der Waals surface area contributed by atoms with Crippen LogP contribution in [0.15, 0.2) is 54.6 Å². The number of non-ortho nitro benzene ring substituents is 1. The largest absolute Gasteiger partial charge is 0.368 e. The van der Waals surface area contributed by atoms with Gasteiger partial charge in [-0.25, -0.2) is 0 Å². The van der Waals surface area contributed by atoms with Gasteiger partial charge in [0.25, 0.3) is 11.6 Å². The van der Waals surface area contributed by atoms with Crippen LogP contribution in [0.3, 0.4) is 0 Å². The van der Waals surface area contributed by atoms with Crippen molar-refractivity contribution >= 4 is 38.7 Å². The minimum absolute atomic E-state index is 0.00145. The number of hydrogen-bond acceptors (Lipinski definition) is 5. The molecule has 1 saturated heterocycles. The standard InChI is InChI=1S/C19H17N3O3S/c23-19(18-13-14-12-16(22(24)25)6-7-17(14)26-18)21-10-8-20(9-11-21)15-4-2-1-3-5-15/h1-7,12-13H,8-11H2. The maximum atomic E-state index is 12.8. The number of amides is 1. The number of anilines is 1. The van der Waals surface area contributed by atoms with Crippen LogP contribution in [0, 0.1) is 10.1 Å². The smallest absolute Gasteiger partial charge is 0.270 e. The van der Waals surface area contributed by atoms with E-state index in [-0.39, 0.29) is 11.6 Å². The van der Waals surface area contributed by atoms with E-state index in [0.717, 1.165) is 23.2 Å². The van der Waals surface area contributed by atoms with Gasteiger partial charge in [-0.05, 0) is 24.3 Å². The molecule has 4 rings (SSSR count). The molecule has 3 aromatic rings. The van der Waals surface area contributed by atoms with Crippen molar-refractivity contribution < 1.29 is 9.72 Å². The highest BCUT2D eigenvalue weighted by atomic mass is 32.1. The molecule has 1 aliphatic rings. The van der Waals surface area contributed by atoms with Crippen LogP contribution < -0.4 is 4.90 Å². The van der Waals surface area contributed by atoms with Crippen molar-refractivity contribution in [3.63, 3.8) is 0 Å². The second-order valence-electron chi connectivity index (χ2n) is 6.20. The van der Waals surface area contributed by atoms with Crippen LogP contribution in [0.2, 0.25) is 0 Å². The molecule has 132 valence electrons. The van der Waals surface area contributed by atoms with Gasteiger partial charge in [-0.1, -0.05) is 18.2 Å². The van der Waals surface area contributed by atoms with Crippen molar-refractivity contribution in [2.24, 2.45) is 0 Å². The lowest BCUT2D eigenvalue weighted by molar-refractivity contribution is -0.384. The third kappa shape index (κ3) is 3.13. The van der Waals surface area contributed by atoms with Crippen molar-refractivity contribution in [3.05, 3.63) is 69.6 Å². The molecule has 1 fully saturated rings. The first-order valence-corrected chi connectivity index (χ1v) is 9.21. The number of piperazine rings is 1. The first-order valence-electron chi connectivity index (χ1n) is 8.39. The molecule has 0 atom stereocenters. The van der Waals surface area contributed by atoms with E-state index >= 15 is 0 Å². The van der Waals surface area contributed by atoms with E-state index in [1.165, 1.54) is 29.2 Å². The highest BCUT2D eigenvalue weighted by molar-refractivity contribution is 7.20. The Morgan fingerprint density at radius 2 is 1.73 bits per heavy atom. The summed E-state index contributed by atoms with van der Waals surface area (Å²) in [5.41, 5.74) is 1.22. The molecule has 0 unspecified atom stereocenters. The van der Waals surface area contributed by atoms with Gasteiger partial charge >= 0.3 is 0 Å². The second kappa shape index (κ2) is 6.76. The molecule has 2 heterocycles. The maximum absolute atomic E-state index is 12.8. The SMILES string of the molecule is O=C(c1cc2cc([N+](=O)[O-])ccc2s1)N1CCN(c2ccccc2)CC1. The molecular weight excluding hydrogens is 350 g/mol. The number of para-hydroxylation sites is 1. The summed E-state index contributed by atoms with van der Waals surface area (Å²) in [6, 6.07) is 16.7. The lowest BCUT2D eigenvalue weighted by Gasteiger charge is -2.35. The zero-order valence-electron chi connectivity index (χ0n) is 14.0. The van der Waals surface area contributed by atoms with Gasteiger partial charge in [0.2, 0.25) is 0 Å². The monoisotopic (exact) mass is 367 g/mol. The summed E-state index contributed by atoms with van der Waals surface area (Å²) >= 11 is 1.39. The lowest BCUT2D eigenvalue weighted by atomic mass is 10.2. The summed E-state index contributed by atoms with van der Waals surface area (Å²) in [6.45, 7) is 2.93. The molecule has 1 aliphatic heterocycles. The maximum Gasteiger partial charge on any atom is 0.270 e. The molecular formula is C19H17N3O3S. The summed E-state index contributed by atoms with van der Waals surface area (Å²) in [7, 11) is 0. The van der Waals surface area contributed by atoms with E-state index in [4.69, 9.17) is 0 Å².